The monoisotopic (exact) mass is 398 g/mol. The Morgan fingerprint density at radius 3 is 2.18 bits per heavy atom. The lowest BCUT2D eigenvalue weighted by Crippen LogP contribution is -2.60. The van der Waals surface area contributed by atoms with Gasteiger partial charge >= 0.3 is 5.97 Å². The van der Waals surface area contributed by atoms with Crippen LogP contribution in [0.2, 0.25) is 0 Å². The van der Waals surface area contributed by atoms with Gasteiger partial charge < -0.3 is 19.7 Å². The average Bonchev–Trinajstić information content (AvgIpc) is 3.02. The summed E-state index contributed by atoms with van der Waals surface area (Å²) < 4.78 is 5.08. The van der Waals surface area contributed by atoms with Crippen molar-refractivity contribution in [3.8, 4) is 0 Å². The summed E-state index contributed by atoms with van der Waals surface area (Å²) in [5, 5.41) is 20.6. The second-order valence-electron chi connectivity index (χ2n) is 7.88. The first-order chi connectivity index (χ1) is 13.4. The van der Waals surface area contributed by atoms with E-state index in [1.165, 1.54) is 58.5 Å². The van der Waals surface area contributed by atoms with E-state index in [-0.39, 0.29) is 17.6 Å². The molecule has 1 aliphatic heterocycles. The van der Waals surface area contributed by atoms with Crippen LogP contribution in [0.4, 0.5) is 0 Å². The van der Waals surface area contributed by atoms with Crippen molar-refractivity contribution in [3.63, 3.8) is 0 Å². The molecular weight excluding hydrogens is 360 g/mol. The summed E-state index contributed by atoms with van der Waals surface area (Å²) >= 11 is 0. The molecule has 2 unspecified atom stereocenters. The Labute approximate surface area is 169 Å². The highest BCUT2D eigenvalue weighted by Gasteiger charge is 2.42. The Morgan fingerprint density at radius 2 is 1.68 bits per heavy atom. The molecule has 0 aliphatic carbocycles. The quantitative estimate of drug-likeness (QED) is 0.300. The van der Waals surface area contributed by atoms with Crippen LogP contribution in [0.15, 0.2) is 4.99 Å². The van der Waals surface area contributed by atoms with E-state index in [1.54, 1.807) is 0 Å². The minimum atomic E-state index is -1.31. The van der Waals surface area contributed by atoms with Crippen LogP contribution in [0.3, 0.4) is 0 Å². The first-order valence-electron chi connectivity index (χ1n) is 10.8. The summed E-state index contributed by atoms with van der Waals surface area (Å²) in [6, 6.07) is 0. The predicted octanol–water partition coefficient (Wildman–Crippen LogP) is 2.38. The van der Waals surface area contributed by atoms with Crippen molar-refractivity contribution in [2.24, 2.45) is 4.99 Å². The fraction of sp³-hybridized carbons (Fsp3) is 0.857. The average molecular weight is 399 g/mol. The highest BCUT2D eigenvalue weighted by molar-refractivity contribution is 5.80. The van der Waals surface area contributed by atoms with Gasteiger partial charge in [0, 0.05) is 13.5 Å². The third kappa shape index (κ3) is 8.69. The molecule has 1 aliphatic rings. The van der Waals surface area contributed by atoms with Crippen molar-refractivity contribution in [2.75, 3.05) is 33.3 Å². The highest BCUT2D eigenvalue weighted by atomic mass is 16.5. The molecule has 0 fully saturated rings. The van der Waals surface area contributed by atoms with Crippen LogP contribution in [0, 0.1) is 0 Å². The second-order valence-corrected chi connectivity index (χ2v) is 7.88. The van der Waals surface area contributed by atoms with Gasteiger partial charge in [0.05, 0.1) is 12.5 Å². The molecule has 0 aromatic carbocycles. The number of hydrogen-bond donors (Lipinski definition) is 1. The molecule has 0 radical (unpaired) electrons. The molecule has 0 aromatic heterocycles. The van der Waals surface area contributed by atoms with Crippen molar-refractivity contribution in [3.05, 3.63) is 0 Å². The third-order valence-electron chi connectivity index (χ3n) is 5.62. The number of rotatable bonds is 17. The largest absolute Gasteiger partial charge is 0.547 e. The molecule has 28 heavy (non-hydrogen) atoms. The number of aliphatic carboxylic acids is 2. The lowest BCUT2D eigenvalue weighted by atomic mass is 10.1. The van der Waals surface area contributed by atoms with Crippen LogP contribution >= 0.6 is 0 Å². The first kappa shape index (κ1) is 24.6. The molecule has 0 bridgehead atoms. The number of aliphatic imine (C=N–C) groups is 1. The van der Waals surface area contributed by atoms with Gasteiger partial charge in [0.15, 0.2) is 12.4 Å². The number of hydrogen-bond acceptors (Lipinski definition) is 5. The maximum Gasteiger partial charge on any atom is 0.359 e. The van der Waals surface area contributed by atoms with Crippen LogP contribution in [0.25, 0.3) is 0 Å². The Hall–Kier alpha value is -1.47. The number of carbonyl (C=O) groups is 2. The zero-order chi connectivity index (χ0) is 20.8. The summed E-state index contributed by atoms with van der Waals surface area (Å²) in [4.78, 5) is 27.2. The SMILES string of the molecule is CCCCCCCCCCCCC1=NCC[N+]1(CC(=O)O)CC(OC)C(=O)[O-]. The van der Waals surface area contributed by atoms with E-state index in [2.05, 4.69) is 11.9 Å². The number of ether oxygens (including phenoxy) is 1. The van der Waals surface area contributed by atoms with Gasteiger partial charge in [0.2, 0.25) is 0 Å². The van der Waals surface area contributed by atoms with Crippen LogP contribution in [0.1, 0.15) is 77.6 Å². The van der Waals surface area contributed by atoms with E-state index < -0.39 is 18.0 Å². The van der Waals surface area contributed by atoms with Crippen molar-refractivity contribution in [2.45, 2.75) is 83.7 Å². The molecule has 0 amide bonds. The number of carboxylic acids is 2. The molecular formula is C21H38N2O5. The van der Waals surface area contributed by atoms with Gasteiger partial charge in [-0.15, -0.1) is 0 Å². The van der Waals surface area contributed by atoms with Crippen molar-refractivity contribution >= 4 is 17.8 Å². The minimum absolute atomic E-state index is 0.0573. The van der Waals surface area contributed by atoms with E-state index in [1.807, 2.05) is 0 Å². The molecule has 0 saturated heterocycles. The normalized spacial score (nSPS) is 20.1. The number of unbranched alkanes of at least 4 members (excludes halogenated alkanes) is 9. The topological polar surface area (TPSA) is 99.0 Å². The number of carboxylic acid groups (broad SMARTS) is 2. The minimum Gasteiger partial charge on any atom is -0.547 e. The zero-order valence-corrected chi connectivity index (χ0v) is 17.7. The molecule has 1 rings (SSSR count). The Kier molecular flexibility index (Phi) is 12.0. The number of amidine groups is 1. The molecule has 1 N–H and O–H groups in total. The second kappa shape index (κ2) is 13.7. The van der Waals surface area contributed by atoms with E-state index in [0.717, 1.165) is 18.7 Å². The zero-order valence-electron chi connectivity index (χ0n) is 17.7. The van der Waals surface area contributed by atoms with Crippen molar-refractivity contribution in [1.82, 2.24) is 0 Å². The summed E-state index contributed by atoms with van der Waals surface area (Å²) in [6.45, 7) is 3.16. The third-order valence-corrected chi connectivity index (χ3v) is 5.62. The van der Waals surface area contributed by atoms with E-state index in [4.69, 9.17) is 4.74 Å². The van der Waals surface area contributed by atoms with Gasteiger partial charge in [-0.1, -0.05) is 64.7 Å². The van der Waals surface area contributed by atoms with E-state index >= 15 is 0 Å². The Balaban J connectivity index is 2.42. The van der Waals surface area contributed by atoms with Crippen molar-refractivity contribution in [1.29, 1.82) is 0 Å². The summed E-state index contributed by atoms with van der Waals surface area (Å²) in [5.41, 5.74) is 0. The fourth-order valence-corrected chi connectivity index (χ4v) is 3.99. The lowest BCUT2D eigenvalue weighted by molar-refractivity contribution is -0.831. The summed E-state index contributed by atoms with van der Waals surface area (Å²) in [6.07, 6.45) is 11.9. The van der Waals surface area contributed by atoms with Gasteiger partial charge in [0.25, 0.3) is 0 Å². The smallest absolute Gasteiger partial charge is 0.359 e. The van der Waals surface area contributed by atoms with Gasteiger partial charge in [-0.3, -0.25) is 4.48 Å². The van der Waals surface area contributed by atoms with Gasteiger partial charge in [-0.25, -0.2) is 9.79 Å². The maximum atomic E-state index is 11.4. The van der Waals surface area contributed by atoms with Crippen LogP contribution in [-0.4, -0.2) is 66.8 Å². The van der Waals surface area contributed by atoms with E-state index in [9.17, 15) is 19.8 Å². The Bertz CT molecular complexity index is 509. The van der Waals surface area contributed by atoms with Crippen LogP contribution in [-0.2, 0) is 14.3 Å². The number of nitrogens with zero attached hydrogens (tertiary/aromatic N) is 2. The Morgan fingerprint density at radius 1 is 1.11 bits per heavy atom. The molecule has 0 aromatic rings. The fourth-order valence-electron chi connectivity index (χ4n) is 3.99. The number of quaternary nitrogens is 1. The molecule has 2 atom stereocenters. The lowest BCUT2D eigenvalue weighted by Gasteiger charge is -2.36. The van der Waals surface area contributed by atoms with Gasteiger partial charge in [-0.2, -0.15) is 0 Å². The van der Waals surface area contributed by atoms with Gasteiger partial charge in [0.1, 0.15) is 19.2 Å². The molecule has 0 saturated carbocycles. The van der Waals surface area contributed by atoms with Crippen molar-refractivity contribution < 1.29 is 29.0 Å². The summed E-state index contributed by atoms with van der Waals surface area (Å²) in [5.74, 6) is -1.47. The van der Waals surface area contributed by atoms with Crippen LogP contribution < -0.4 is 5.11 Å². The van der Waals surface area contributed by atoms with Crippen LogP contribution in [0.5, 0.6) is 0 Å². The number of carbonyl (C=O) groups excluding carboxylic acids is 1. The number of methoxy groups -OCH3 is 1. The van der Waals surface area contributed by atoms with Gasteiger partial charge in [-0.05, 0) is 6.42 Å². The summed E-state index contributed by atoms with van der Waals surface area (Å²) in [7, 11) is 1.31. The molecule has 162 valence electrons. The first-order valence-corrected chi connectivity index (χ1v) is 10.8. The molecule has 1 heterocycles. The highest BCUT2D eigenvalue weighted by Crippen LogP contribution is 2.22. The molecule has 7 heteroatoms. The molecule has 0 spiro atoms. The van der Waals surface area contributed by atoms with E-state index in [0.29, 0.717) is 19.5 Å². The molecule has 7 nitrogen and oxygen atoms in total. The standard InChI is InChI=1S/C21H38N2O5/c1-3-4-5-6-7-8-9-10-11-12-13-19-22-14-15-23(19,17-20(24)25)16-18(28-2)21(26)27/h18H,3-17H2,1-2H3,(H-,24,25,26,27). The maximum absolute atomic E-state index is 11.4. The predicted molar refractivity (Wildman–Crippen MR) is 107 cm³/mol.